The summed E-state index contributed by atoms with van der Waals surface area (Å²) in [7, 11) is 0. The summed E-state index contributed by atoms with van der Waals surface area (Å²) in [5.74, 6) is 0. The van der Waals surface area contributed by atoms with Gasteiger partial charge in [-0.05, 0) is 70.1 Å². The van der Waals surface area contributed by atoms with Crippen LogP contribution in [-0.2, 0) is 5.41 Å². The van der Waals surface area contributed by atoms with Gasteiger partial charge >= 0.3 is 0 Å². The third-order valence-corrected chi connectivity index (χ3v) is 6.82. The molecule has 36 heavy (non-hydrogen) atoms. The van der Waals surface area contributed by atoms with Gasteiger partial charge in [-0.25, -0.2) is 0 Å². The number of hydrogen-bond acceptors (Lipinski definition) is 2. The van der Waals surface area contributed by atoms with Crippen molar-refractivity contribution in [2.45, 2.75) is 26.2 Å². The monoisotopic (exact) mass is 467 g/mol. The predicted molar refractivity (Wildman–Crippen MR) is 153 cm³/mol. The first kappa shape index (κ1) is 22.2. The Labute approximate surface area is 212 Å². The van der Waals surface area contributed by atoms with Gasteiger partial charge in [-0.3, -0.25) is 0 Å². The smallest absolute Gasteiger partial charge is 0.135 e. The van der Waals surface area contributed by atoms with E-state index >= 15 is 0 Å². The summed E-state index contributed by atoms with van der Waals surface area (Å²) >= 11 is 0. The van der Waals surface area contributed by atoms with Crippen molar-refractivity contribution in [3.8, 4) is 22.3 Å². The topological polar surface area (TPSA) is 25.2 Å². The van der Waals surface area contributed by atoms with Crippen LogP contribution in [0.2, 0.25) is 0 Å². The Kier molecular flexibility index (Phi) is 5.38. The average Bonchev–Trinajstić information content (AvgIpc) is 3.27. The quantitative estimate of drug-likeness (QED) is 0.279. The molecule has 176 valence electrons. The van der Waals surface area contributed by atoms with Gasteiger partial charge in [0, 0.05) is 27.7 Å². The van der Waals surface area contributed by atoms with Gasteiger partial charge in [-0.1, -0.05) is 93.6 Å². The Hall–Kier alpha value is -4.30. The molecule has 0 saturated heterocycles. The van der Waals surface area contributed by atoms with Crippen LogP contribution in [0.1, 0.15) is 26.3 Å². The molecule has 1 heterocycles. The zero-order chi connectivity index (χ0) is 24.7. The van der Waals surface area contributed by atoms with E-state index in [9.17, 15) is 0 Å². The van der Waals surface area contributed by atoms with Crippen LogP contribution in [0.5, 0.6) is 0 Å². The summed E-state index contributed by atoms with van der Waals surface area (Å²) in [5, 5.41) is 6.00. The molecule has 0 spiro atoms. The third-order valence-electron chi connectivity index (χ3n) is 6.82. The number of furan rings is 1. The lowest BCUT2D eigenvalue weighted by atomic mass is 9.85. The zero-order valence-electron chi connectivity index (χ0n) is 20.9. The average molecular weight is 468 g/mol. The summed E-state index contributed by atoms with van der Waals surface area (Å²) in [6.07, 6.45) is 0. The molecule has 0 aliphatic rings. The maximum absolute atomic E-state index is 6.02. The molecule has 0 amide bonds. The fourth-order valence-electron chi connectivity index (χ4n) is 4.81. The first-order chi connectivity index (χ1) is 17.5. The second-order valence-corrected chi connectivity index (χ2v) is 10.4. The number of nitrogens with one attached hydrogen (secondary N) is 1. The van der Waals surface area contributed by atoms with Crippen LogP contribution in [0.3, 0.4) is 0 Å². The first-order valence-corrected chi connectivity index (χ1v) is 12.4. The molecule has 0 bridgehead atoms. The summed E-state index contributed by atoms with van der Waals surface area (Å²) in [6.45, 7) is 6.77. The molecule has 0 aliphatic carbocycles. The normalized spacial score (nSPS) is 11.8. The molecule has 2 nitrogen and oxygen atoms in total. The zero-order valence-corrected chi connectivity index (χ0v) is 20.9. The first-order valence-electron chi connectivity index (χ1n) is 12.4. The Bertz CT molecular complexity index is 1690. The second-order valence-electron chi connectivity index (χ2n) is 10.4. The standard InChI is InChI=1S/C34H29NO/c1-34(2,3)26-17-18-31(29(22-26)23-10-5-4-6-11-23)35-27-13-9-12-24(20-27)25-16-19-33-30(21-25)28-14-7-8-15-32(28)36-33/h4-22,35H,1-3H3. The molecule has 1 N–H and O–H groups in total. The fourth-order valence-corrected chi connectivity index (χ4v) is 4.81. The van der Waals surface area contributed by atoms with Crippen LogP contribution in [-0.4, -0.2) is 0 Å². The number of para-hydroxylation sites is 1. The van der Waals surface area contributed by atoms with E-state index in [0.29, 0.717) is 0 Å². The van der Waals surface area contributed by atoms with E-state index in [1.807, 2.05) is 12.1 Å². The predicted octanol–water partition coefficient (Wildman–Crippen LogP) is 9.96. The van der Waals surface area contributed by atoms with Crippen LogP contribution < -0.4 is 5.32 Å². The molecule has 0 radical (unpaired) electrons. The van der Waals surface area contributed by atoms with E-state index < -0.39 is 0 Å². The lowest BCUT2D eigenvalue weighted by molar-refractivity contribution is 0.590. The van der Waals surface area contributed by atoms with Gasteiger partial charge in [-0.15, -0.1) is 0 Å². The minimum Gasteiger partial charge on any atom is -0.456 e. The van der Waals surface area contributed by atoms with E-state index in [0.717, 1.165) is 33.3 Å². The van der Waals surface area contributed by atoms with Crippen LogP contribution in [0.4, 0.5) is 11.4 Å². The maximum atomic E-state index is 6.02. The van der Waals surface area contributed by atoms with Crippen molar-refractivity contribution in [1.29, 1.82) is 0 Å². The Morgan fingerprint density at radius 1 is 0.556 bits per heavy atom. The van der Waals surface area contributed by atoms with Crippen molar-refractivity contribution >= 4 is 33.3 Å². The van der Waals surface area contributed by atoms with Crippen molar-refractivity contribution < 1.29 is 4.42 Å². The number of fused-ring (bicyclic) bond motifs is 3. The molecule has 6 rings (SSSR count). The number of rotatable bonds is 4. The summed E-state index contributed by atoms with van der Waals surface area (Å²) in [6, 6.07) is 40.6. The maximum Gasteiger partial charge on any atom is 0.135 e. The van der Waals surface area contributed by atoms with Gasteiger partial charge in [-0.2, -0.15) is 0 Å². The Balaban J connectivity index is 1.39. The van der Waals surface area contributed by atoms with Crippen molar-refractivity contribution in [3.63, 3.8) is 0 Å². The van der Waals surface area contributed by atoms with E-state index in [1.165, 1.54) is 27.8 Å². The molecule has 1 aromatic heterocycles. The third kappa shape index (κ3) is 4.16. The van der Waals surface area contributed by atoms with Gasteiger partial charge in [0.2, 0.25) is 0 Å². The summed E-state index contributed by atoms with van der Waals surface area (Å²) in [4.78, 5) is 0. The van der Waals surface area contributed by atoms with Crippen LogP contribution in [0.15, 0.2) is 120 Å². The number of benzene rings is 5. The number of anilines is 2. The second kappa shape index (κ2) is 8.73. The van der Waals surface area contributed by atoms with Crippen LogP contribution in [0.25, 0.3) is 44.2 Å². The van der Waals surface area contributed by atoms with Gasteiger partial charge in [0.25, 0.3) is 0 Å². The van der Waals surface area contributed by atoms with E-state index in [1.54, 1.807) is 0 Å². The van der Waals surface area contributed by atoms with E-state index in [-0.39, 0.29) is 5.41 Å². The van der Waals surface area contributed by atoms with Crippen LogP contribution >= 0.6 is 0 Å². The summed E-state index contributed by atoms with van der Waals surface area (Å²) < 4.78 is 6.02. The largest absolute Gasteiger partial charge is 0.456 e. The Morgan fingerprint density at radius 2 is 1.28 bits per heavy atom. The number of hydrogen-bond donors (Lipinski definition) is 1. The van der Waals surface area contributed by atoms with Crippen molar-refractivity contribution in [2.75, 3.05) is 5.32 Å². The molecule has 0 fully saturated rings. The highest BCUT2D eigenvalue weighted by molar-refractivity contribution is 6.06. The Morgan fingerprint density at radius 3 is 2.11 bits per heavy atom. The van der Waals surface area contributed by atoms with Gasteiger partial charge in [0.1, 0.15) is 11.2 Å². The molecule has 0 unspecified atom stereocenters. The molecular formula is C34H29NO. The van der Waals surface area contributed by atoms with Crippen molar-refractivity contribution in [2.24, 2.45) is 0 Å². The molecule has 0 aliphatic heterocycles. The molecular weight excluding hydrogens is 438 g/mol. The molecule has 0 atom stereocenters. The lowest BCUT2D eigenvalue weighted by Crippen LogP contribution is -2.11. The van der Waals surface area contributed by atoms with Crippen molar-refractivity contribution in [3.05, 3.63) is 121 Å². The molecule has 6 aromatic rings. The van der Waals surface area contributed by atoms with Crippen LogP contribution in [0, 0.1) is 0 Å². The highest BCUT2D eigenvalue weighted by atomic mass is 16.3. The minimum absolute atomic E-state index is 0.0812. The van der Waals surface area contributed by atoms with Crippen molar-refractivity contribution in [1.82, 2.24) is 0 Å². The lowest BCUT2D eigenvalue weighted by Gasteiger charge is -2.22. The van der Waals surface area contributed by atoms with Gasteiger partial charge in [0.05, 0.1) is 0 Å². The minimum atomic E-state index is 0.0812. The fraction of sp³-hybridized carbons (Fsp3) is 0.118. The highest BCUT2D eigenvalue weighted by Gasteiger charge is 2.17. The molecule has 2 heteroatoms. The van der Waals surface area contributed by atoms with E-state index in [4.69, 9.17) is 4.42 Å². The molecule has 0 saturated carbocycles. The highest BCUT2D eigenvalue weighted by Crippen LogP contribution is 2.36. The van der Waals surface area contributed by atoms with E-state index in [2.05, 4.69) is 129 Å². The SMILES string of the molecule is CC(C)(C)c1ccc(Nc2cccc(-c3ccc4oc5ccccc5c4c3)c2)c(-c2ccccc2)c1. The summed E-state index contributed by atoms with van der Waals surface area (Å²) in [5.41, 5.74) is 10.2. The van der Waals surface area contributed by atoms with Gasteiger partial charge in [0.15, 0.2) is 0 Å². The molecule has 5 aromatic carbocycles. The van der Waals surface area contributed by atoms with Gasteiger partial charge < -0.3 is 9.73 Å².